The van der Waals surface area contributed by atoms with E-state index in [1.807, 2.05) is 0 Å². The Kier molecular flexibility index (Phi) is 5.07. The maximum Gasteiger partial charge on any atom is 0.573 e. The molecule has 0 fully saturated rings. The van der Waals surface area contributed by atoms with Crippen LogP contribution in [0.5, 0.6) is 5.75 Å². The van der Waals surface area contributed by atoms with E-state index in [-0.39, 0.29) is 10.6 Å². The Morgan fingerprint density at radius 3 is 2.19 bits per heavy atom. The number of ether oxygens (including phenoxy) is 1. The molecule has 0 radical (unpaired) electrons. The molecule has 2 rings (SSSR count). The molecule has 7 heteroatoms. The molecular formula is C14H8BrCl2F3O. The summed E-state index contributed by atoms with van der Waals surface area (Å²) in [5, 5.41) is 1.03. The van der Waals surface area contributed by atoms with E-state index >= 15 is 0 Å². The molecular weight excluding hydrogens is 392 g/mol. The Bertz CT molecular complexity index is 629. The van der Waals surface area contributed by atoms with Crippen molar-refractivity contribution in [3.8, 4) is 5.75 Å². The highest BCUT2D eigenvalue weighted by molar-refractivity contribution is 9.09. The summed E-state index contributed by atoms with van der Waals surface area (Å²) < 4.78 is 40.1. The number of hydrogen-bond donors (Lipinski definition) is 0. The number of halogens is 6. The maximum absolute atomic E-state index is 12.1. The first-order valence-electron chi connectivity index (χ1n) is 5.71. The smallest absolute Gasteiger partial charge is 0.406 e. The first-order chi connectivity index (χ1) is 9.76. The molecule has 0 saturated carbocycles. The fourth-order valence-electron chi connectivity index (χ4n) is 1.73. The van der Waals surface area contributed by atoms with Crippen molar-refractivity contribution >= 4 is 39.1 Å². The minimum Gasteiger partial charge on any atom is -0.406 e. The average Bonchev–Trinajstić information content (AvgIpc) is 2.40. The van der Waals surface area contributed by atoms with Gasteiger partial charge in [-0.05, 0) is 41.5 Å². The van der Waals surface area contributed by atoms with Crippen molar-refractivity contribution in [3.05, 3.63) is 63.6 Å². The van der Waals surface area contributed by atoms with Crippen molar-refractivity contribution in [2.45, 2.75) is 11.2 Å². The van der Waals surface area contributed by atoms with E-state index in [1.54, 1.807) is 18.2 Å². The molecule has 0 amide bonds. The predicted molar refractivity (Wildman–Crippen MR) is 80.4 cm³/mol. The van der Waals surface area contributed by atoms with E-state index in [4.69, 9.17) is 23.2 Å². The van der Waals surface area contributed by atoms with Crippen LogP contribution in [-0.4, -0.2) is 6.36 Å². The van der Waals surface area contributed by atoms with Crippen LogP contribution in [0.25, 0.3) is 0 Å². The molecule has 1 atom stereocenters. The van der Waals surface area contributed by atoms with Crippen LogP contribution >= 0.6 is 39.1 Å². The van der Waals surface area contributed by atoms with Crippen LogP contribution in [0.2, 0.25) is 10.0 Å². The van der Waals surface area contributed by atoms with Gasteiger partial charge in [0.2, 0.25) is 0 Å². The Morgan fingerprint density at radius 1 is 1.00 bits per heavy atom. The second-order valence-electron chi connectivity index (χ2n) is 4.15. The summed E-state index contributed by atoms with van der Waals surface area (Å²) >= 11 is 15.5. The lowest BCUT2D eigenvalue weighted by Crippen LogP contribution is -2.17. The molecule has 2 aromatic carbocycles. The van der Waals surface area contributed by atoms with Gasteiger partial charge in [0.25, 0.3) is 0 Å². The molecule has 0 heterocycles. The molecule has 0 spiro atoms. The van der Waals surface area contributed by atoms with Gasteiger partial charge in [-0.2, -0.15) is 0 Å². The van der Waals surface area contributed by atoms with Crippen LogP contribution in [0.3, 0.4) is 0 Å². The lowest BCUT2D eigenvalue weighted by molar-refractivity contribution is -0.274. The predicted octanol–water partition coefficient (Wildman–Crippen LogP) is 6.38. The summed E-state index contributed by atoms with van der Waals surface area (Å²) in [7, 11) is 0. The van der Waals surface area contributed by atoms with Gasteiger partial charge in [0, 0.05) is 10.0 Å². The second-order valence-corrected chi connectivity index (χ2v) is 5.90. The van der Waals surface area contributed by atoms with Crippen LogP contribution in [0.1, 0.15) is 16.0 Å². The summed E-state index contributed by atoms with van der Waals surface area (Å²) in [5.41, 5.74) is 1.46. The first-order valence-corrected chi connectivity index (χ1v) is 7.38. The number of benzene rings is 2. The molecule has 2 aromatic rings. The fourth-order valence-corrected chi connectivity index (χ4v) is 2.95. The highest BCUT2D eigenvalue weighted by atomic mass is 79.9. The van der Waals surface area contributed by atoms with Crippen molar-refractivity contribution in [3.63, 3.8) is 0 Å². The molecule has 1 nitrogen and oxygen atoms in total. The molecule has 0 saturated heterocycles. The van der Waals surface area contributed by atoms with Gasteiger partial charge in [0.1, 0.15) is 5.75 Å². The molecule has 112 valence electrons. The molecule has 0 aromatic heterocycles. The number of hydrogen-bond acceptors (Lipinski definition) is 1. The molecule has 0 aliphatic rings. The van der Waals surface area contributed by atoms with E-state index in [0.29, 0.717) is 10.0 Å². The minimum atomic E-state index is -4.70. The zero-order chi connectivity index (χ0) is 15.6. The third kappa shape index (κ3) is 4.53. The fraction of sp³-hybridized carbons (Fsp3) is 0.143. The summed E-state index contributed by atoms with van der Waals surface area (Å²) in [5.74, 6) is -0.275. The van der Waals surface area contributed by atoms with Gasteiger partial charge >= 0.3 is 6.36 Å². The van der Waals surface area contributed by atoms with E-state index in [1.165, 1.54) is 24.3 Å². The van der Waals surface area contributed by atoms with Crippen molar-refractivity contribution in [2.24, 2.45) is 0 Å². The first kappa shape index (κ1) is 16.5. The quantitative estimate of drug-likeness (QED) is 0.544. The number of alkyl halides is 4. The highest BCUT2D eigenvalue weighted by Gasteiger charge is 2.31. The van der Waals surface area contributed by atoms with Crippen LogP contribution < -0.4 is 4.74 Å². The SMILES string of the molecule is FC(F)(F)Oc1ccc(C(Br)c2cc(Cl)ccc2Cl)cc1. The van der Waals surface area contributed by atoms with E-state index in [9.17, 15) is 13.2 Å². The third-order valence-electron chi connectivity index (χ3n) is 2.64. The van der Waals surface area contributed by atoms with Crippen LogP contribution in [0.15, 0.2) is 42.5 Å². The van der Waals surface area contributed by atoms with Gasteiger partial charge in [-0.3, -0.25) is 0 Å². The highest BCUT2D eigenvalue weighted by Crippen LogP contribution is 2.37. The molecule has 0 aliphatic heterocycles. The lowest BCUT2D eigenvalue weighted by Gasteiger charge is -2.14. The normalized spacial score (nSPS) is 13.0. The zero-order valence-corrected chi connectivity index (χ0v) is 13.4. The van der Waals surface area contributed by atoms with E-state index < -0.39 is 6.36 Å². The topological polar surface area (TPSA) is 9.23 Å². The lowest BCUT2D eigenvalue weighted by atomic mass is 10.0. The van der Waals surface area contributed by atoms with Gasteiger partial charge in [-0.25, -0.2) is 0 Å². The monoisotopic (exact) mass is 398 g/mol. The van der Waals surface area contributed by atoms with Crippen molar-refractivity contribution in [2.75, 3.05) is 0 Å². The summed E-state index contributed by atoms with van der Waals surface area (Å²) in [6.45, 7) is 0. The van der Waals surface area contributed by atoms with Crippen molar-refractivity contribution < 1.29 is 17.9 Å². The van der Waals surface area contributed by atoms with E-state index in [2.05, 4.69) is 20.7 Å². The zero-order valence-electron chi connectivity index (χ0n) is 10.3. The summed E-state index contributed by atoms with van der Waals surface area (Å²) in [4.78, 5) is -0.288. The Morgan fingerprint density at radius 2 is 1.62 bits per heavy atom. The van der Waals surface area contributed by atoms with Gasteiger partial charge in [0.15, 0.2) is 0 Å². The number of rotatable bonds is 3. The maximum atomic E-state index is 12.1. The molecule has 0 bridgehead atoms. The molecule has 0 N–H and O–H groups in total. The Hall–Kier alpha value is -0.910. The average molecular weight is 400 g/mol. The van der Waals surface area contributed by atoms with Crippen molar-refractivity contribution in [1.82, 2.24) is 0 Å². The second kappa shape index (κ2) is 6.46. The van der Waals surface area contributed by atoms with Gasteiger partial charge in [-0.1, -0.05) is 51.3 Å². The Balaban J connectivity index is 2.24. The van der Waals surface area contributed by atoms with Crippen LogP contribution in [0.4, 0.5) is 13.2 Å². The largest absolute Gasteiger partial charge is 0.573 e. The van der Waals surface area contributed by atoms with Gasteiger partial charge < -0.3 is 4.74 Å². The molecule has 21 heavy (non-hydrogen) atoms. The standard InChI is InChI=1S/C14H8BrCl2F3O/c15-13(11-7-9(16)3-6-12(11)17)8-1-4-10(5-2-8)21-14(18,19)20/h1-7,13H. The van der Waals surface area contributed by atoms with E-state index in [0.717, 1.165) is 11.1 Å². The van der Waals surface area contributed by atoms with Crippen LogP contribution in [0, 0.1) is 0 Å². The summed E-state index contributed by atoms with van der Waals surface area (Å²) in [6.07, 6.45) is -4.70. The minimum absolute atomic E-state index is 0.275. The van der Waals surface area contributed by atoms with Gasteiger partial charge in [-0.15, -0.1) is 13.2 Å². The van der Waals surface area contributed by atoms with Gasteiger partial charge in [0.05, 0.1) is 4.83 Å². The van der Waals surface area contributed by atoms with Crippen molar-refractivity contribution in [1.29, 1.82) is 0 Å². The Labute approximate surface area is 137 Å². The van der Waals surface area contributed by atoms with Crippen LogP contribution in [-0.2, 0) is 0 Å². The third-order valence-corrected chi connectivity index (χ3v) is 4.24. The molecule has 0 aliphatic carbocycles. The molecule has 1 unspecified atom stereocenters. The summed E-state index contributed by atoms with van der Waals surface area (Å²) in [6, 6.07) is 10.6.